The molecule has 1 saturated heterocycles. The minimum absolute atomic E-state index is 0.167. The molecule has 1 aliphatic heterocycles. The average Bonchev–Trinajstić information content (AvgIpc) is 3.48. The van der Waals surface area contributed by atoms with Gasteiger partial charge in [0.05, 0.1) is 19.0 Å². The Morgan fingerprint density at radius 1 is 0.906 bits per heavy atom. The van der Waals surface area contributed by atoms with E-state index in [-0.39, 0.29) is 17.5 Å². The predicted molar refractivity (Wildman–Crippen MR) is 118 cm³/mol. The van der Waals surface area contributed by atoms with E-state index >= 15 is 0 Å². The zero-order chi connectivity index (χ0) is 22.1. The van der Waals surface area contributed by atoms with E-state index in [1.807, 2.05) is 54.6 Å². The normalized spacial score (nSPS) is 14.0. The smallest absolute Gasteiger partial charge is 0.289 e. The number of fused-ring (bicyclic) bond motifs is 1. The molecule has 162 valence electrons. The zero-order valence-electron chi connectivity index (χ0n) is 17.6. The van der Waals surface area contributed by atoms with Crippen molar-refractivity contribution in [2.75, 3.05) is 33.3 Å². The average molecular weight is 430 g/mol. The monoisotopic (exact) mass is 430 g/mol. The summed E-state index contributed by atoms with van der Waals surface area (Å²) in [5.74, 6) is 0.348. The number of hydrogen-bond acceptors (Lipinski definition) is 5. The van der Waals surface area contributed by atoms with Gasteiger partial charge in [-0.3, -0.25) is 9.59 Å². The van der Waals surface area contributed by atoms with E-state index in [2.05, 4.69) is 5.10 Å². The molecule has 0 spiro atoms. The summed E-state index contributed by atoms with van der Waals surface area (Å²) < 4.78 is 12.7. The number of hydrogen-bond donors (Lipinski definition) is 0. The van der Waals surface area contributed by atoms with Gasteiger partial charge in [-0.2, -0.15) is 5.10 Å². The molecule has 2 aromatic heterocycles. The van der Waals surface area contributed by atoms with Crippen LogP contribution in [-0.2, 0) is 0 Å². The lowest BCUT2D eigenvalue weighted by Crippen LogP contribution is -2.50. The Hall–Kier alpha value is -4.07. The van der Waals surface area contributed by atoms with E-state index in [0.29, 0.717) is 43.3 Å². The molecule has 0 bridgehead atoms. The molecule has 8 heteroatoms. The first kappa shape index (κ1) is 19.9. The van der Waals surface area contributed by atoms with Crippen LogP contribution >= 0.6 is 0 Å². The number of nitrogens with zero attached hydrogens (tertiary/aromatic N) is 4. The third kappa shape index (κ3) is 3.60. The summed E-state index contributed by atoms with van der Waals surface area (Å²) in [5, 5.41) is 5.35. The van der Waals surface area contributed by atoms with E-state index < -0.39 is 0 Å². The summed E-state index contributed by atoms with van der Waals surface area (Å²) >= 11 is 0. The Kier molecular flexibility index (Phi) is 5.10. The summed E-state index contributed by atoms with van der Waals surface area (Å²) in [7, 11) is 1.52. The van der Waals surface area contributed by atoms with Crippen molar-refractivity contribution in [3.05, 3.63) is 78.3 Å². The van der Waals surface area contributed by atoms with Gasteiger partial charge in [0.1, 0.15) is 5.58 Å². The lowest BCUT2D eigenvalue weighted by molar-refractivity contribution is 0.0514. The van der Waals surface area contributed by atoms with Gasteiger partial charge in [-0.1, -0.05) is 36.4 Å². The Labute approximate surface area is 184 Å². The molecule has 0 N–H and O–H groups in total. The van der Waals surface area contributed by atoms with Gasteiger partial charge >= 0.3 is 0 Å². The summed E-state index contributed by atoms with van der Waals surface area (Å²) in [5.41, 5.74) is 1.78. The first-order valence-electron chi connectivity index (χ1n) is 10.4. The number of piperazine rings is 1. The standard InChI is InChI=1S/C24H22N4O4/c1-31-21-16-28(18-8-3-2-4-9-18)25-22(21)24(30)27-13-11-26(12-14-27)23(29)20-15-17-7-5-6-10-19(17)32-20/h2-10,15-16H,11-14H2,1H3. The fourth-order valence-corrected chi connectivity index (χ4v) is 3.87. The van der Waals surface area contributed by atoms with Gasteiger partial charge in [0.15, 0.2) is 17.2 Å². The van der Waals surface area contributed by atoms with Crippen molar-refractivity contribution < 1.29 is 18.7 Å². The topological polar surface area (TPSA) is 80.8 Å². The maximum Gasteiger partial charge on any atom is 0.289 e. The molecule has 0 aliphatic carbocycles. The molecule has 1 aliphatic rings. The first-order valence-corrected chi connectivity index (χ1v) is 10.4. The van der Waals surface area contributed by atoms with E-state index in [4.69, 9.17) is 9.15 Å². The number of para-hydroxylation sites is 2. The van der Waals surface area contributed by atoms with Crippen LogP contribution in [0, 0.1) is 0 Å². The van der Waals surface area contributed by atoms with Crippen LogP contribution in [-0.4, -0.2) is 64.7 Å². The number of ether oxygens (including phenoxy) is 1. The summed E-state index contributed by atoms with van der Waals surface area (Å²) in [4.78, 5) is 29.4. The molecule has 8 nitrogen and oxygen atoms in total. The van der Waals surface area contributed by atoms with E-state index in [0.717, 1.165) is 11.1 Å². The highest BCUT2D eigenvalue weighted by molar-refractivity contribution is 5.97. The maximum absolute atomic E-state index is 13.1. The third-order valence-electron chi connectivity index (χ3n) is 5.61. The van der Waals surface area contributed by atoms with Crippen LogP contribution < -0.4 is 4.74 Å². The van der Waals surface area contributed by atoms with Gasteiger partial charge in [-0.25, -0.2) is 4.68 Å². The van der Waals surface area contributed by atoms with Crippen molar-refractivity contribution in [3.63, 3.8) is 0 Å². The van der Waals surface area contributed by atoms with Crippen LogP contribution in [0.2, 0.25) is 0 Å². The van der Waals surface area contributed by atoms with Gasteiger partial charge in [-0.05, 0) is 24.3 Å². The second-order valence-corrected chi connectivity index (χ2v) is 7.56. The number of aromatic nitrogens is 2. The largest absolute Gasteiger partial charge is 0.493 e. The lowest BCUT2D eigenvalue weighted by atomic mass is 10.2. The van der Waals surface area contributed by atoms with E-state index in [9.17, 15) is 9.59 Å². The first-order chi connectivity index (χ1) is 15.6. The quantitative estimate of drug-likeness (QED) is 0.497. The van der Waals surface area contributed by atoms with Gasteiger partial charge in [0.25, 0.3) is 11.8 Å². The second-order valence-electron chi connectivity index (χ2n) is 7.56. The lowest BCUT2D eigenvalue weighted by Gasteiger charge is -2.34. The maximum atomic E-state index is 13.1. The molecule has 32 heavy (non-hydrogen) atoms. The summed E-state index contributed by atoms with van der Waals surface area (Å²) in [6.07, 6.45) is 1.70. The second kappa shape index (κ2) is 8.22. The number of benzene rings is 2. The molecule has 2 aromatic carbocycles. The molecular formula is C24H22N4O4. The molecule has 4 aromatic rings. The van der Waals surface area contributed by atoms with Crippen molar-refractivity contribution in [1.29, 1.82) is 0 Å². The number of methoxy groups -OCH3 is 1. The van der Waals surface area contributed by atoms with Gasteiger partial charge in [0.2, 0.25) is 0 Å². The molecule has 0 radical (unpaired) electrons. The molecule has 1 fully saturated rings. The Balaban J connectivity index is 1.28. The van der Waals surface area contributed by atoms with E-state index in [1.54, 1.807) is 26.7 Å². The Morgan fingerprint density at radius 3 is 2.25 bits per heavy atom. The highest BCUT2D eigenvalue weighted by Crippen LogP contribution is 2.23. The molecule has 0 atom stereocenters. The van der Waals surface area contributed by atoms with Gasteiger partial charge in [0, 0.05) is 31.6 Å². The molecule has 0 saturated carbocycles. The van der Waals surface area contributed by atoms with Crippen molar-refractivity contribution in [3.8, 4) is 11.4 Å². The van der Waals surface area contributed by atoms with E-state index in [1.165, 1.54) is 7.11 Å². The molecule has 0 unspecified atom stereocenters. The molecule has 2 amide bonds. The Morgan fingerprint density at radius 2 is 1.56 bits per heavy atom. The minimum atomic E-state index is -0.215. The van der Waals surface area contributed by atoms with Crippen LogP contribution in [0.25, 0.3) is 16.7 Å². The van der Waals surface area contributed by atoms with Crippen molar-refractivity contribution in [2.45, 2.75) is 0 Å². The van der Waals surface area contributed by atoms with Crippen LogP contribution in [0.1, 0.15) is 21.0 Å². The number of rotatable bonds is 4. The SMILES string of the molecule is COc1cn(-c2ccccc2)nc1C(=O)N1CCN(C(=O)c2cc3ccccc3o2)CC1. The highest BCUT2D eigenvalue weighted by atomic mass is 16.5. The van der Waals surface area contributed by atoms with Crippen LogP contribution in [0.15, 0.2) is 71.3 Å². The molecule has 3 heterocycles. The van der Waals surface area contributed by atoms with Gasteiger partial charge in [-0.15, -0.1) is 0 Å². The number of amides is 2. The zero-order valence-corrected chi connectivity index (χ0v) is 17.6. The van der Waals surface area contributed by atoms with Gasteiger partial charge < -0.3 is 19.0 Å². The molecule has 5 rings (SSSR count). The summed E-state index contributed by atoms with van der Waals surface area (Å²) in [6, 6.07) is 18.8. The van der Waals surface area contributed by atoms with Crippen LogP contribution in [0.3, 0.4) is 0 Å². The summed E-state index contributed by atoms with van der Waals surface area (Å²) in [6.45, 7) is 1.66. The van der Waals surface area contributed by atoms with Crippen LogP contribution in [0.5, 0.6) is 5.75 Å². The predicted octanol–water partition coefficient (Wildman–Crippen LogP) is 3.23. The van der Waals surface area contributed by atoms with Crippen molar-refractivity contribution >= 4 is 22.8 Å². The number of furan rings is 1. The fourth-order valence-electron chi connectivity index (χ4n) is 3.87. The minimum Gasteiger partial charge on any atom is -0.493 e. The van der Waals surface area contributed by atoms with Crippen molar-refractivity contribution in [2.24, 2.45) is 0 Å². The Bertz CT molecular complexity index is 1240. The number of carbonyl (C=O) groups is 2. The number of carbonyl (C=O) groups excluding carboxylic acids is 2. The fraction of sp³-hybridized carbons (Fsp3) is 0.208. The van der Waals surface area contributed by atoms with Crippen LogP contribution in [0.4, 0.5) is 0 Å². The molecular weight excluding hydrogens is 408 g/mol. The van der Waals surface area contributed by atoms with Crippen molar-refractivity contribution in [1.82, 2.24) is 19.6 Å². The third-order valence-corrected chi connectivity index (χ3v) is 5.61. The highest BCUT2D eigenvalue weighted by Gasteiger charge is 2.30.